The minimum absolute atomic E-state index is 0.0830. The number of sulfonamides is 1. The van der Waals surface area contributed by atoms with Crippen molar-refractivity contribution in [3.63, 3.8) is 0 Å². The highest BCUT2D eigenvalue weighted by molar-refractivity contribution is 7.92. The van der Waals surface area contributed by atoms with Crippen LogP contribution < -0.4 is 4.31 Å². The van der Waals surface area contributed by atoms with Gasteiger partial charge in [0.25, 0.3) is 10.0 Å². The van der Waals surface area contributed by atoms with Crippen LogP contribution in [0.5, 0.6) is 0 Å². The Bertz CT molecular complexity index is 1450. The molecule has 1 N–H and O–H groups in total. The smallest absolute Gasteiger partial charge is 0.265 e. The number of benzene rings is 1. The number of hydrogen-bond donors (Lipinski definition) is 1. The first kappa shape index (κ1) is 21.7. The largest absolute Gasteiger partial charge is 0.280 e. The number of fused-ring (bicyclic) bond motifs is 1. The third-order valence-corrected chi connectivity index (χ3v) is 8.62. The summed E-state index contributed by atoms with van der Waals surface area (Å²) in [5, 5.41) is 7.70. The van der Waals surface area contributed by atoms with Gasteiger partial charge in [0.1, 0.15) is 0 Å². The quantitative estimate of drug-likeness (QED) is 0.438. The molecule has 0 amide bonds. The number of pyridine rings is 2. The Morgan fingerprint density at radius 1 is 0.943 bits per heavy atom. The van der Waals surface area contributed by atoms with E-state index in [-0.39, 0.29) is 10.9 Å². The van der Waals surface area contributed by atoms with Crippen molar-refractivity contribution in [1.82, 2.24) is 20.2 Å². The third-order valence-electron chi connectivity index (χ3n) is 6.76. The minimum Gasteiger partial charge on any atom is -0.280 e. The number of H-pyrrole nitrogens is 1. The average Bonchev–Trinajstić information content (AvgIpc) is 3.64. The van der Waals surface area contributed by atoms with Crippen molar-refractivity contribution in [2.75, 3.05) is 4.31 Å². The molecule has 3 aromatic heterocycles. The molecule has 3 heterocycles. The predicted molar refractivity (Wildman–Crippen MR) is 134 cm³/mol. The van der Waals surface area contributed by atoms with Crippen molar-refractivity contribution >= 4 is 21.9 Å². The van der Waals surface area contributed by atoms with Crippen LogP contribution in [0.1, 0.15) is 41.1 Å². The summed E-state index contributed by atoms with van der Waals surface area (Å²) in [4.78, 5) is 9.60. The summed E-state index contributed by atoms with van der Waals surface area (Å²) < 4.78 is 28.9. The Kier molecular flexibility index (Phi) is 5.07. The number of aromatic nitrogens is 4. The normalized spacial score (nSPS) is 16.6. The van der Waals surface area contributed by atoms with Crippen LogP contribution in [0.3, 0.4) is 0 Å². The van der Waals surface area contributed by atoms with E-state index in [0.29, 0.717) is 12.2 Å². The lowest BCUT2D eigenvalue weighted by Crippen LogP contribution is -2.35. The standard InChI is InChI=1S/C27H25N5O2S/c1-19-8-12-21(13-9-19)35(33,34)32(20-10-11-20)26-22-14-15-27(18-23(22)30-31-26,24-6-2-4-16-28-24)25-7-3-5-17-29-25/h2-9,12-17,20H,10-11,18H2,1H3,(H,30,31). The number of nitrogens with zero attached hydrogens (tertiary/aromatic N) is 4. The van der Waals surface area contributed by atoms with Gasteiger partial charge in [-0.1, -0.05) is 42.0 Å². The second-order valence-electron chi connectivity index (χ2n) is 9.20. The van der Waals surface area contributed by atoms with Crippen molar-refractivity contribution in [1.29, 1.82) is 0 Å². The van der Waals surface area contributed by atoms with E-state index in [2.05, 4.69) is 26.2 Å². The summed E-state index contributed by atoms with van der Waals surface area (Å²) in [5.41, 5.74) is 3.85. The van der Waals surface area contributed by atoms with E-state index >= 15 is 0 Å². The molecule has 0 radical (unpaired) electrons. The Morgan fingerprint density at radius 2 is 1.60 bits per heavy atom. The van der Waals surface area contributed by atoms with E-state index < -0.39 is 15.4 Å². The highest BCUT2D eigenvalue weighted by Crippen LogP contribution is 2.44. The summed E-state index contributed by atoms with van der Waals surface area (Å²) >= 11 is 0. The van der Waals surface area contributed by atoms with E-state index in [1.165, 1.54) is 4.31 Å². The van der Waals surface area contributed by atoms with Crippen LogP contribution in [-0.4, -0.2) is 34.6 Å². The first-order valence-electron chi connectivity index (χ1n) is 11.7. The van der Waals surface area contributed by atoms with Gasteiger partial charge in [0, 0.05) is 36.1 Å². The van der Waals surface area contributed by atoms with Gasteiger partial charge in [0.2, 0.25) is 0 Å². The molecule has 1 saturated carbocycles. The predicted octanol–water partition coefficient (Wildman–Crippen LogP) is 4.42. The summed E-state index contributed by atoms with van der Waals surface area (Å²) in [6.45, 7) is 1.94. The number of allylic oxidation sites excluding steroid dienone is 1. The zero-order valence-electron chi connectivity index (χ0n) is 19.3. The number of nitrogens with one attached hydrogen (secondary N) is 1. The summed E-state index contributed by atoms with van der Waals surface area (Å²) in [7, 11) is -3.75. The van der Waals surface area contributed by atoms with Crippen molar-refractivity contribution in [3.05, 3.63) is 107 Å². The van der Waals surface area contributed by atoms with Crippen molar-refractivity contribution in [2.45, 2.75) is 42.5 Å². The first-order valence-corrected chi connectivity index (χ1v) is 13.1. The first-order chi connectivity index (χ1) is 17.0. The van der Waals surface area contributed by atoms with Crippen LogP contribution in [0, 0.1) is 6.92 Å². The molecule has 0 aliphatic heterocycles. The molecule has 0 saturated heterocycles. The molecular formula is C27H25N5O2S. The molecule has 0 unspecified atom stereocenters. The van der Waals surface area contributed by atoms with Crippen LogP contribution in [0.25, 0.3) is 6.08 Å². The van der Waals surface area contributed by atoms with Crippen molar-refractivity contribution in [3.8, 4) is 0 Å². The highest BCUT2D eigenvalue weighted by atomic mass is 32.2. The molecule has 7 nitrogen and oxygen atoms in total. The van der Waals surface area contributed by atoms with E-state index in [9.17, 15) is 8.42 Å². The van der Waals surface area contributed by atoms with Crippen LogP contribution in [0.2, 0.25) is 0 Å². The maximum Gasteiger partial charge on any atom is 0.265 e. The summed E-state index contributed by atoms with van der Waals surface area (Å²) in [5.74, 6) is 0.454. The van der Waals surface area contributed by atoms with Gasteiger partial charge in [-0.15, -0.1) is 0 Å². The molecule has 176 valence electrons. The highest BCUT2D eigenvalue weighted by Gasteiger charge is 2.44. The summed E-state index contributed by atoms with van der Waals surface area (Å²) in [6.07, 6.45) is 9.81. The molecule has 8 heteroatoms. The van der Waals surface area contributed by atoms with E-state index in [1.54, 1.807) is 24.5 Å². The van der Waals surface area contributed by atoms with Gasteiger partial charge < -0.3 is 0 Å². The van der Waals surface area contributed by atoms with Gasteiger partial charge in [-0.25, -0.2) is 12.7 Å². The second-order valence-corrected chi connectivity index (χ2v) is 11.0. The van der Waals surface area contributed by atoms with Gasteiger partial charge in [-0.2, -0.15) is 5.10 Å². The molecule has 1 fully saturated rings. The Hall–Kier alpha value is -3.78. The fourth-order valence-corrected chi connectivity index (χ4v) is 6.45. The van der Waals surface area contributed by atoms with Crippen molar-refractivity contribution < 1.29 is 8.42 Å². The lowest BCUT2D eigenvalue weighted by molar-refractivity contribution is 0.582. The van der Waals surface area contributed by atoms with Gasteiger partial charge >= 0.3 is 0 Å². The minimum atomic E-state index is -3.75. The molecule has 35 heavy (non-hydrogen) atoms. The second kappa shape index (κ2) is 8.16. The fourth-order valence-electron chi connectivity index (χ4n) is 4.77. The maximum atomic E-state index is 13.7. The molecule has 1 aromatic carbocycles. The fraction of sp³-hybridized carbons (Fsp3) is 0.222. The van der Waals surface area contributed by atoms with E-state index in [4.69, 9.17) is 0 Å². The number of aromatic amines is 1. The van der Waals surface area contributed by atoms with Gasteiger partial charge in [0.15, 0.2) is 5.82 Å². The van der Waals surface area contributed by atoms with Crippen LogP contribution in [0.15, 0.2) is 84.0 Å². The Balaban J connectivity index is 1.45. The van der Waals surface area contributed by atoms with Crippen LogP contribution in [-0.2, 0) is 21.9 Å². The van der Waals surface area contributed by atoms with Gasteiger partial charge in [-0.3, -0.25) is 15.1 Å². The maximum absolute atomic E-state index is 13.7. The zero-order chi connectivity index (χ0) is 24.0. The number of hydrogen-bond acceptors (Lipinski definition) is 5. The topological polar surface area (TPSA) is 91.8 Å². The molecule has 0 atom stereocenters. The molecule has 2 aliphatic carbocycles. The number of anilines is 1. The molecule has 4 aromatic rings. The molecule has 6 rings (SSSR count). The lowest BCUT2D eigenvalue weighted by Gasteiger charge is -2.32. The molecular weight excluding hydrogens is 458 g/mol. The van der Waals surface area contributed by atoms with Gasteiger partial charge in [-0.05, 0) is 56.2 Å². The Morgan fingerprint density at radius 3 is 2.17 bits per heavy atom. The molecule has 2 aliphatic rings. The third kappa shape index (κ3) is 3.65. The van der Waals surface area contributed by atoms with Crippen molar-refractivity contribution in [2.24, 2.45) is 0 Å². The number of rotatable bonds is 6. The van der Waals surface area contributed by atoms with Crippen LogP contribution >= 0.6 is 0 Å². The lowest BCUT2D eigenvalue weighted by atomic mass is 9.73. The summed E-state index contributed by atoms with van der Waals surface area (Å²) in [6, 6.07) is 18.6. The number of aryl methyl sites for hydroxylation is 1. The van der Waals surface area contributed by atoms with Gasteiger partial charge in [0.05, 0.1) is 21.7 Å². The van der Waals surface area contributed by atoms with Crippen LogP contribution in [0.4, 0.5) is 5.82 Å². The Labute approximate surface area is 204 Å². The zero-order valence-corrected chi connectivity index (χ0v) is 20.1. The molecule has 0 bridgehead atoms. The van der Waals surface area contributed by atoms with E-state index in [1.807, 2.05) is 61.5 Å². The van der Waals surface area contributed by atoms with E-state index in [0.717, 1.165) is 41.1 Å². The average molecular weight is 484 g/mol. The monoisotopic (exact) mass is 483 g/mol. The SMILES string of the molecule is Cc1ccc(S(=O)(=O)N(c2n[nH]c3c2C=CC(c2ccccn2)(c2ccccn2)C3)C2CC2)cc1. The molecule has 0 spiro atoms.